The molecule has 0 radical (unpaired) electrons. The van der Waals surface area contributed by atoms with Gasteiger partial charge in [-0.2, -0.15) is 0 Å². The second kappa shape index (κ2) is 8.18. The highest BCUT2D eigenvalue weighted by molar-refractivity contribution is 5.78. The monoisotopic (exact) mass is 304 g/mol. The first-order valence-electron chi connectivity index (χ1n) is 8.18. The second-order valence-electron chi connectivity index (χ2n) is 6.59. The van der Waals surface area contributed by atoms with Crippen LogP contribution in [0.15, 0.2) is 24.3 Å². The highest BCUT2D eigenvalue weighted by Gasteiger charge is 2.22. The molecule has 1 heterocycles. The fraction of sp³-hybridized carbons (Fsp3) is 0.611. The molecule has 0 aromatic heterocycles. The Morgan fingerprint density at radius 3 is 2.45 bits per heavy atom. The average Bonchev–Trinajstić information content (AvgIpc) is 2.47. The Morgan fingerprint density at radius 1 is 1.23 bits per heavy atom. The van der Waals surface area contributed by atoms with E-state index in [1.54, 1.807) is 7.11 Å². The Hall–Kier alpha value is -1.55. The van der Waals surface area contributed by atoms with E-state index in [4.69, 9.17) is 4.74 Å². The van der Waals surface area contributed by atoms with Gasteiger partial charge < -0.3 is 10.1 Å². The molecule has 2 rings (SSSR count). The Balaban J connectivity index is 1.68. The predicted octanol–water partition coefficient (Wildman–Crippen LogP) is 2.33. The molecule has 122 valence electrons. The molecule has 0 saturated carbocycles. The minimum Gasteiger partial charge on any atom is -0.497 e. The van der Waals surface area contributed by atoms with Crippen LogP contribution in [0, 0.1) is 11.8 Å². The fourth-order valence-electron chi connectivity index (χ4n) is 3.32. The van der Waals surface area contributed by atoms with Crippen LogP contribution in [-0.2, 0) is 11.2 Å². The van der Waals surface area contributed by atoms with E-state index >= 15 is 0 Å². The lowest BCUT2D eigenvalue weighted by Gasteiger charge is -2.34. The van der Waals surface area contributed by atoms with Crippen LogP contribution in [-0.4, -0.2) is 44.1 Å². The number of carbonyl (C=O) groups excluding carboxylic acids is 1. The van der Waals surface area contributed by atoms with Crippen molar-refractivity contribution in [3.05, 3.63) is 29.8 Å². The molecule has 2 atom stereocenters. The number of carbonyl (C=O) groups is 1. The van der Waals surface area contributed by atoms with Crippen LogP contribution in [0.4, 0.5) is 0 Å². The quantitative estimate of drug-likeness (QED) is 0.877. The molecule has 1 aromatic carbocycles. The van der Waals surface area contributed by atoms with E-state index in [1.807, 2.05) is 24.3 Å². The first-order valence-corrected chi connectivity index (χ1v) is 8.18. The van der Waals surface area contributed by atoms with Crippen molar-refractivity contribution in [3.8, 4) is 5.75 Å². The van der Waals surface area contributed by atoms with E-state index in [2.05, 4.69) is 24.1 Å². The minimum atomic E-state index is 0.134. The molecule has 22 heavy (non-hydrogen) atoms. The third-order valence-electron chi connectivity index (χ3n) is 4.21. The maximum atomic E-state index is 12.0. The number of piperidine rings is 1. The Morgan fingerprint density at radius 2 is 1.86 bits per heavy atom. The first kappa shape index (κ1) is 16.8. The lowest BCUT2D eigenvalue weighted by molar-refractivity contribution is -0.122. The summed E-state index contributed by atoms with van der Waals surface area (Å²) in [6, 6.07) is 7.99. The molecular formula is C18H28N2O2. The normalized spacial score (nSPS) is 22.3. The number of hydrogen-bond donors (Lipinski definition) is 1. The van der Waals surface area contributed by atoms with E-state index in [-0.39, 0.29) is 5.91 Å². The topological polar surface area (TPSA) is 41.6 Å². The van der Waals surface area contributed by atoms with E-state index < -0.39 is 0 Å². The van der Waals surface area contributed by atoms with Gasteiger partial charge in [0, 0.05) is 19.6 Å². The summed E-state index contributed by atoms with van der Waals surface area (Å²) >= 11 is 0. The van der Waals surface area contributed by atoms with Crippen LogP contribution in [0.5, 0.6) is 5.75 Å². The predicted molar refractivity (Wildman–Crippen MR) is 89.1 cm³/mol. The smallest absolute Gasteiger partial charge is 0.234 e. The van der Waals surface area contributed by atoms with Gasteiger partial charge in [-0.1, -0.05) is 26.0 Å². The van der Waals surface area contributed by atoms with Crippen LogP contribution < -0.4 is 10.1 Å². The van der Waals surface area contributed by atoms with E-state index in [0.29, 0.717) is 24.9 Å². The van der Waals surface area contributed by atoms with Crippen LogP contribution in [0.1, 0.15) is 25.8 Å². The zero-order valence-electron chi connectivity index (χ0n) is 14.0. The molecule has 0 aliphatic carbocycles. The summed E-state index contributed by atoms with van der Waals surface area (Å²) in [5.74, 6) is 2.38. The number of likely N-dealkylation sites (tertiary alicyclic amines) is 1. The molecule has 1 saturated heterocycles. The van der Waals surface area contributed by atoms with Crippen molar-refractivity contribution < 1.29 is 9.53 Å². The van der Waals surface area contributed by atoms with Crippen LogP contribution in [0.25, 0.3) is 0 Å². The maximum absolute atomic E-state index is 12.0. The van der Waals surface area contributed by atoms with Crippen molar-refractivity contribution in [2.24, 2.45) is 11.8 Å². The Bertz CT molecular complexity index is 462. The lowest BCUT2D eigenvalue weighted by Crippen LogP contribution is -2.44. The van der Waals surface area contributed by atoms with E-state index in [1.165, 1.54) is 12.0 Å². The molecule has 1 aliphatic rings. The van der Waals surface area contributed by atoms with Crippen LogP contribution in [0.3, 0.4) is 0 Å². The van der Waals surface area contributed by atoms with Gasteiger partial charge in [0.2, 0.25) is 5.91 Å². The second-order valence-corrected chi connectivity index (χ2v) is 6.59. The number of rotatable bonds is 6. The molecule has 0 spiro atoms. The first-order chi connectivity index (χ1) is 10.6. The van der Waals surface area contributed by atoms with Crippen molar-refractivity contribution >= 4 is 5.91 Å². The molecule has 1 aliphatic heterocycles. The Labute approximate surface area is 133 Å². The standard InChI is InChI=1S/C18H28N2O2/c1-14-10-15(2)12-20(11-14)13-18(21)19-9-8-16-4-6-17(22-3)7-5-16/h4-7,14-15H,8-13H2,1-3H3,(H,19,21). The third kappa shape index (κ3) is 5.34. The van der Waals surface area contributed by atoms with Gasteiger partial charge in [0.1, 0.15) is 5.75 Å². The van der Waals surface area contributed by atoms with Crippen molar-refractivity contribution in [3.63, 3.8) is 0 Å². The molecule has 2 unspecified atom stereocenters. The summed E-state index contributed by atoms with van der Waals surface area (Å²) in [5, 5.41) is 3.02. The van der Waals surface area contributed by atoms with Crippen molar-refractivity contribution in [1.82, 2.24) is 10.2 Å². The summed E-state index contributed by atoms with van der Waals surface area (Å²) in [6.45, 7) is 7.82. The van der Waals surface area contributed by atoms with Crippen molar-refractivity contribution in [1.29, 1.82) is 0 Å². The minimum absolute atomic E-state index is 0.134. The van der Waals surface area contributed by atoms with Gasteiger partial charge in [-0.05, 0) is 42.4 Å². The molecule has 0 bridgehead atoms. The SMILES string of the molecule is COc1ccc(CCNC(=O)CN2CC(C)CC(C)C2)cc1. The number of hydrogen-bond acceptors (Lipinski definition) is 3. The highest BCUT2D eigenvalue weighted by atomic mass is 16.5. The number of nitrogens with one attached hydrogen (secondary N) is 1. The number of amides is 1. The van der Waals surface area contributed by atoms with Gasteiger partial charge in [-0.15, -0.1) is 0 Å². The molecular weight excluding hydrogens is 276 g/mol. The molecule has 4 nitrogen and oxygen atoms in total. The van der Waals surface area contributed by atoms with Gasteiger partial charge in [0.05, 0.1) is 13.7 Å². The van der Waals surface area contributed by atoms with Gasteiger partial charge in [-0.3, -0.25) is 9.69 Å². The summed E-state index contributed by atoms with van der Waals surface area (Å²) in [5.41, 5.74) is 1.21. The molecule has 4 heteroatoms. The van der Waals surface area contributed by atoms with Crippen molar-refractivity contribution in [2.75, 3.05) is 33.3 Å². The molecule has 1 fully saturated rings. The highest BCUT2D eigenvalue weighted by Crippen LogP contribution is 2.20. The number of benzene rings is 1. The zero-order chi connectivity index (χ0) is 15.9. The number of methoxy groups -OCH3 is 1. The summed E-state index contributed by atoms with van der Waals surface area (Å²) < 4.78 is 5.14. The van der Waals surface area contributed by atoms with E-state index in [0.717, 1.165) is 25.3 Å². The van der Waals surface area contributed by atoms with Gasteiger partial charge in [-0.25, -0.2) is 0 Å². The molecule has 1 amide bonds. The average molecular weight is 304 g/mol. The largest absolute Gasteiger partial charge is 0.497 e. The summed E-state index contributed by atoms with van der Waals surface area (Å²) in [4.78, 5) is 14.3. The lowest BCUT2D eigenvalue weighted by atomic mass is 9.92. The van der Waals surface area contributed by atoms with Crippen molar-refractivity contribution in [2.45, 2.75) is 26.7 Å². The third-order valence-corrected chi connectivity index (χ3v) is 4.21. The molecule has 1 N–H and O–H groups in total. The summed E-state index contributed by atoms with van der Waals surface area (Å²) in [6.07, 6.45) is 2.12. The van der Waals surface area contributed by atoms with Crippen LogP contribution >= 0.6 is 0 Å². The number of nitrogens with zero attached hydrogens (tertiary/aromatic N) is 1. The van der Waals surface area contributed by atoms with Crippen LogP contribution in [0.2, 0.25) is 0 Å². The van der Waals surface area contributed by atoms with E-state index in [9.17, 15) is 4.79 Å². The maximum Gasteiger partial charge on any atom is 0.234 e. The van der Waals surface area contributed by atoms with Gasteiger partial charge >= 0.3 is 0 Å². The zero-order valence-corrected chi connectivity index (χ0v) is 14.0. The van der Waals surface area contributed by atoms with Gasteiger partial charge in [0.25, 0.3) is 0 Å². The Kier molecular flexibility index (Phi) is 6.25. The van der Waals surface area contributed by atoms with Gasteiger partial charge in [0.15, 0.2) is 0 Å². The summed E-state index contributed by atoms with van der Waals surface area (Å²) in [7, 11) is 1.66. The number of ether oxygens (including phenoxy) is 1. The fourth-order valence-corrected chi connectivity index (χ4v) is 3.32. The molecule has 1 aromatic rings.